The van der Waals surface area contributed by atoms with Crippen LogP contribution in [0.4, 0.5) is 5.69 Å². The number of benzene rings is 1. The number of hydrogen-bond acceptors (Lipinski definition) is 8. The zero-order valence-electron chi connectivity index (χ0n) is 16.8. The van der Waals surface area contributed by atoms with Crippen LogP contribution in [0.5, 0.6) is 0 Å². The maximum atomic E-state index is 12.5. The summed E-state index contributed by atoms with van der Waals surface area (Å²) in [7, 11) is 0. The second-order valence-electron chi connectivity index (χ2n) is 7.03. The maximum absolute atomic E-state index is 12.5. The number of carbonyl (C=O) groups is 1. The molecule has 1 aromatic carbocycles. The van der Waals surface area contributed by atoms with Crippen molar-refractivity contribution in [2.24, 2.45) is 9.39 Å². The lowest BCUT2D eigenvalue weighted by molar-refractivity contribution is -0.384. The molecule has 4 rings (SSSR count). The standard InChI is InChI=1S/C20H17N5O4S2/c1-10(2)30-20-23-31-19-22-18(26)15(17(21)24(19)20)9-13-6-7-16(29-13)14-8-12(25(27)28)5-4-11(14)3/h4-10,21H,1-3H3/b15-9-,21-17?. The molecule has 1 N–H and O–H groups in total. The minimum Gasteiger partial charge on any atom is -0.457 e. The number of rotatable bonds is 4. The molecule has 1 amide bonds. The monoisotopic (exact) mass is 455 g/mol. The molecule has 0 saturated carbocycles. The molecule has 0 aliphatic carbocycles. The van der Waals surface area contributed by atoms with E-state index in [2.05, 4.69) is 9.39 Å². The first-order valence-electron chi connectivity index (χ1n) is 9.25. The summed E-state index contributed by atoms with van der Waals surface area (Å²) >= 11 is 2.56. The molecule has 0 spiro atoms. The second kappa shape index (κ2) is 8.16. The number of thioether (sulfide) groups is 1. The van der Waals surface area contributed by atoms with Gasteiger partial charge in [-0.25, -0.2) is 4.90 Å². The van der Waals surface area contributed by atoms with E-state index in [1.54, 1.807) is 23.1 Å². The zero-order valence-corrected chi connectivity index (χ0v) is 18.4. The molecular formula is C20H17N5O4S2. The van der Waals surface area contributed by atoms with E-state index in [1.807, 2.05) is 20.8 Å². The van der Waals surface area contributed by atoms with Crippen LogP contribution in [0.15, 0.2) is 49.7 Å². The lowest BCUT2D eigenvalue weighted by atomic mass is 10.1. The Kier molecular flexibility index (Phi) is 5.54. The molecule has 11 heteroatoms. The van der Waals surface area contributed by atoms with Crippen molar-refractivity contribution in [3.05, 3.63) is 57.3 Å². The highest BCUT2D eigenvalue weighted by atomic mass is 32.2. The Morgan fingerprint density at radius 2 is 2.10 bits per heavy atom. The lowest BCUT2D eigenvalue weighted by Crippen LogP contribution is -2.41. The van der Waals surface area contributed by atoms with Crippen LogP contribution < -0.4 is 0 Å². The number of nitro groups is 1. The summed E-state index contributed by atoms with van der Waals surface area (Å²) in [5.74, 6) is 0.214. The molecule has 0 atom stereocenters. The summed E-state index contributed by atoms with van der Waals surface area (Å²) in [6, 6.07) is 7.87. The quantitative estimate of drug-likeness (QED) is 0.301. The number of nitrogens with one attached hydrogen (secondary N) is 1. The van der Waals surface area contributed by atoms with Gasteiger partial charge in [0.15, 0.2) is 5.17 Å². The van der Waals surface area contributed by atoms with Crippen molar-refractivity contribution in [2.45, 2.75) is 26.0 Å². The number of nitrogens with zero attached hydrogens (tertiary/aromatic N) is 4. The summed E-state index contributed by atoms with van der Waals surface area (Å²) in [4.78, 5) is 28.8. The van der Waals surface area contributed by atoms with Gasteiger partial charge in [0.1, 0.15) is 17.4 Å². The smallest absolute Gasteiger partial charge is 0.283 e. The van der Waals surface area contributed by atoms with Gasteiger partial charge in [0, 0.05) is 22.9 Å². The van der Waals surface area contributed by atoms with Crippen LogP contribution in [0.1, 0.15) is 25.2 Å². The van der Waals surface area contributed by atoms with E-state index in [9.17, 15) is 14.9 Å². The summed E-state index contributed by atoms with van der Waals surface area (Å²) in [6.07, 6.45) is 1.46. The molecule has 1 aromatic heterocycles. The molecular weight excluding hydrogens is 438 g/mol. The Bertz CT molecular complexity index is 1210. The van der Waals surface area contributed by atoms with E-state index in [4.69, 9.17) is 9.83 Å². The number of furan rings is 1. The van der Waals surface area contributed by atoms with Crippen LogP contribution >= 0.6 is 23.7 Å². The van der Waals surface area contributed by atoms with Gasteiger partial charge in [-0.15, -0.1) is 0 Å². The molecule has 2 aliphatic rings. The van der Waals surface area contributed by atoms with Gasteiger partial charge in [-0.05, 0) is 30.7 Å². The molecule has 0 radical (unpaired) electrons. The Hall–Kier alpha value is -3.18. The predicted molar refractivity (Wildman–Crippen MR) is 123 cm³/mol. The third kappa shape index (κ3) is 4.06. The number of fused-ring (bicyclic) bond motifs is 1. The number of carbonyl (C=O) groups excluding carboxylic acids is 1. The van der Waals surface area contributed by atoms with E-state index in [0.29, 0.717) is 27.4 Å². The van der Waals surface area contributed by atoms with Gasteiger partial charge >= 0.3 is 0 Å². The molecule has 2 aromatic rings. The van der Waals surface area contributed by atoms with Gasteiger partial charge in [-0.3, -0.25) is 20.3 Å². The molecule has 0 fully saturated rings. The number of hydrogen-bond donors (Lipinski definition) is 1. The van der Waals surface area contributed by atoms with Crippen LogP contribution in [-0.2, 0) is 4.79 Å². The van der Waals surface area contributed by atoms with Crippen molar-refractivity contribution in [3.63, 3.8) is 0 Å². The summed E-state index contributed by atoms with van der Waals surface area (Å²) < 4.78 is 10.1. The lowest BCUT2D eigenvalue weighted by Gasteiger charge is -2.24. The zero-order chi connectivity index (χ0) is 22.3. The average molecular weight is 456 g/mol. The van der Waals surface area contributed by atoms with E-state index in [0.717, 1.165) is 17.5 Å². The van der Waals surface area contributed by atoms with Crippen molar-refractivity contribution in [1.82, 2.24) is 4.90 Å². The fourth-order valence-corrected chi connectivity index (χ4v) is 4.67. The van der Waals surface area contributed by atoms with Crippen LogP contribution in [-0.4, -0.2) is 37.2 Å². The van der Waals surface area contributed by atoms with E-state index < -0.39 is 10.8 Å². The fraction of sp³-hybridized carbons (Fsp3) is 0.200. The number of non-ortho nitro benzene ring substituents is 1. The van der Waals surface area contributed by atoms with E-state index in [-0.39, 0.29) is 22.3 Å². The van der Waals surface area contributed by atoms with Crippen molar-refractivity contribution in [3.8, 4) is 11.3 Å². The number of nitro benzene ring substituents is 1. The van der Waals surface area contributed by atoms with Gasteiger partial charge < -0.3 is 4.42 Å². The Morgan fingerprint density at radius 1 is 1.32 bits per heavy atom. The Labute approximate surface area is 186 Å². The summed E-state index contributed by atoms with van der Waals surface area (Å²) in [5.41, 5.74) is 1.45. The third-order valence-corrected chi connectivity index (χ3v) is 6.22. The minimum atomic E-state index is -0.542. The fourth-order valence-electron chi connectivity index (χ4n) is 3.00. The molecule has 158 valence electrons. The van der Waals surface area contributed by atoms with Gasteiger partial charge in [-0.1, -0.05) is 31.7 Å². The van der Waals surface area contributed by atoms with Gasteiger partial charge in [0.25, 0.3) is 11.6 Å². The predicted octanol–water partition coefficient (Wildman–Crippen LogP) is 4.88. The van der Waals surface area contributed by atoms with Crippen molar-refractivity contribution in [1.29, 1.82) is 5.41 Å². The first-order chi connectivity index (χ1) is 14.7. The van der Waals surface area contributed by atoms with Crippen molar-refractivity contribution in [2.75, 3.05) is 0 Å². The first kappa shape index (κ1) is 21.1. The highest BCUT2D eigenvalue weighted by molar-refractivity contribution is 8.19. The molecule has 3 heterocycles. The SMILES string of the molecule is Cc1ccc([N+](=O)[O-])cc1-c1ccc(/C=C2/C(=N)N3C(=NC2=O)SN=C3SC(C)C)o1. The minimum absolute atomic E-state index is 0.0172. The Balaban J connectivity index is 1.66. The third-order valence-electron chi connectivity index (χ3n) is 4.45. The highest BCUT2D eigenvalue weighted by Gasteiger charge is 2.38. The van der Waals surface area contributed by atoms with Crippen LogP contribution in [0.25, 0.3) is 17.4 Å². The topological polar surface area (TPSA) is 125 Å². The number of amides is 1. The van der Waals surface area contributed by atoms with Crippen LogP contribution in [0.3, 0.4) is 0 Å². The molecule has 31 heavy (non-hydrogen) atoms. The van der Waals surface area contributed by atoms with Crippen LogP contribution in [0, 0.1) is 22.4 Å². The molecule has 0 unspecified atom stereocenters. The second-order valence-corrected chi connectivity index (χ2v) is 9.31. The molecule has 2 aliphatic heterocycles. The van der Waals surface area contributed by atoms with Crippen LogP contribution in [0.2, 0.25) is 0 Å². The average Bonchev–Trinajstić information content (AvgIpc) is 3.32. The van der Waals surface area contributed by atoms with Gasteiger partial charge in [-0.2, -0.15) is 9.39 Å². The number of aliphatic imine (C=N–C) groups is 1. The highest BCUT2D eigenvalue weighted by Crippen LogP contribution is 2.34. The summed E-state index contributed by atoms with van der Waals surface area (Å²) in [6.45, 7) is 5.86. The Morgan fingerprint density at radius 3 is 2.81 bits per heavy atom. The molecule has 9 nitrogen and oxygen atoms in total. The van der Waals surface area contributed by atoms with Gasteiger partial charge in [0.2, 0.25) is 5.17 Å². The molecule has 0 saturated heterocycles. The number of aryl methyl sites for hydroxylation is 1. The van der Waals surface area contributed by atoms with Crippen molar-refractivity contribution >= 4 is 57.6 Å². The largest absolute Gasteiger partial charge is 0.457 e. The maximum Gasteiger partial charge on any atom is 0.283 e. The van der Waals surface area contributed by atoms with Crippen molar-refractivity contribution < 1.29 is 14.1 Å². The molecule has 0 bridgehead atoms. The summed E-state index contributed by atoms with van der Waals surface area (Å²) in [5, 5.41) is 20.9. The van der Waals surface area contributed by atoms with E-state index >= 15 is 0 Å². The normalized spacial score (nSPS) is 17.3. The van der Waals surface area contributed by atoms with E-state index in [1.165, 1.54) is 30.0 Å². The van der Waals surface area contributed by atoms with Gasteiger partial charge in [0.05, 0.1) is 22.4 Å². The number of amidine groups is 3. The first-order valence-corrected chi connectivity index (χ1v) is 10.9.